The van der Waals surface area contributed by atoms with Gasteiger partial charge in [-0.25, -0.2) is 9.37 Å². The zero-order chi connectivity index (χ0) is 18.7. The zero-order valence-corrected chi connectivity index (χ0v) is 16.3. The lowest BCUT2D eigenvalue weighted by Crippen LogP contribution is -2.24. The van der Waals surface area contributed by atoms with Crippen molar-refractivity contribution >= 4 is 34.3 Å². The molecular weight excluding hydrogens is 371 g/mol. The van der Waals surface area contributed by atoms with Gasteiger partial charge in [-0.1, -0.05) is 55.4 Å². The molecule has 0 amide bonds. The van der Waals surface area contributed by atoms with Crippen LogP contribution in [-0.4, -0.2) is 9.55 Å². The minimum Gasteiger partial charge on any atom is -0.287 e. The summed E-state index contributed by atoms with van der Waals surface area (Å²) in [7, 11) is 0. The summed E-state index contributed by atoms with van der Waals surface area (Å²) in [6.07, 6.45) is 0.869. The molecule has 0 N–H and O–H groups in total. The number of rotatable bonds is 6. The highest BCUT2D eigenvalue weighted by atomic mass is 35.5. The third-order valence-electron chi connectivity index (χ3n) is 4.16. The predicted octanol–water partition coefficient (Wildman–Crippen LogP) is 5.53. The van der Waals surface area contributed by atoms with Crippen molar-refractivity contribution in [1.29, 1.82) is 0 Å². The van der Waals surface area contributed by atoms with Gasteiger partial charge < -0.3 is 0 Å². The van der Waals surface area contributed by atoms with Gasteiger partial charge >= 0.3 is 0 Å². The van der Waals surface area contributed by atoms with Crippen LogP contribution in [0.2, 0.25) is 5.02 Å². The van der Waals surface area contributed by atoms with Crippen LogP contribution in [-0.2, 0) is 12.3 Å². The van der Waals surface area contributed by atoms with E-state index in [9.17, 15) is 9.18 Å². The van der Waals surface area contributed by atoms with Gasteiger partial charge in [-0.15, -0.1) is 0 Å². The molecule has 3 nitrogen and oxygen atoms in total. The standard InChI is InChI=1S/C20H20ClFN2OS/c1-13(2)10-11-24-19(25)14-6-3-4-9-18(14)23-20(24)26-12-15-16(21)7-5-8-17(15)22/h3-9,13H,10-12H2,1-2H3. The van der Waals surface area contributed by atoms with Crippen molar-refractivity contribution in [3.63, 3.8) is 0 Å². The average molecular weight is 391 g/mol. The van der Waals surface area contributed by atoms with Gasteiger partial charge in [0.25, 0.3) is 5.56 Å². The number of fused-ring (bicyclic) bond motifs is 1. The Morgan fingerprint density at radius 3 is 2.69 bits per heavy atom. The molecule has 1 heterocycles. The normalized spacial score (nSPS) is 11.4. The summed E-state index contributed by atoms with van der Waals surface area (Å²) in [5.74, 6) is 0.437. The Balaban J connectivity index is 2.00. The molecule has 0 radical (unpaired) electrons. The van der Waals surface area contributed by atoms with E-state index in [0.717, 1.165) is 6.42 Å². The van der Waals surface area contributed by atoms with Crippen LogP contribution in [0.4, 0.5) is 4.39 Å². The zero-order valence-electron chi connectivity index (χ0n) is 14.7. The Labute approximate surface area is 161 Å². The molecule has 0 saturated carbocycles. The van der Waals surface area contributed by atoms with Gasteiger partial charge in [-0.2, -0.15) is 0 Å². The third-order valence-corrected chi connectivity index (χ3v) is 5.52. The maximum absolute atomic E-state index is 14.1. The highest BCUT2D eigenvalue weighted by molar-refractivity contribution is 7.98. The highest BCUT2D eigenvalue weighted by Gasteiger charge is 2.14. The molecule has 0 aliphatic rings. The Kier molecular flexibility index (Phi) is 5.99. The fourth-order valence-electron chi connectivity index (χ4n) is 2.65. The molecule has 0 fully saturated rings. The summed E-state index contributed by atoms with van der Waals surface area (Å²) in [4.78, 5) is 17.6. The molecule has 0 saturated heterocycles. The van der Waals surface area contributed by atoms with Gasteiger partial charge in [0.15, 0.2) is 5.16 Å². The summed E-state index contributed by atoms with van der Waals surface area (Å²) in [5, 5.41) is 1.58. The second-order valence-electron chi connectivity index (χ2n) is 6.54. The molecule has 2 aromatic carbocycles. The Morgan fingerprint density at radius 1 is 1.19 bits per heavy atom. The number of nitrogens with zero attached hydrogens (tertiary/aromatic N) is 2. The van der Waals surface area contributed by atoms with Crippen LogP contribution in [0, 0.1) is 11.7 Å². The van der Waals surface area contributed by atoms with Crippen LogP contribution in [0.5, 0.6) is 0 Å². The first-order valence-electron chi connectivity index (χ1n) is 8.52. The lowest BCUT2D eigenvalue weighted by Gasteiger charge is -2.14. The Morgan fingerprint density at radius 2 is 1.96 bits per heavy atom. The molecule has 0 spiro atoms. The Hall–Kier alpha value is -1.85. The van der Waals surface area contributed by atoms with Crippen LogP contribution in [0.15, 0.2) is 52.4 Å². The van der Waals surface area contributed by atoms with E-state index in [2.05, 4.69) is 18.8 Å². The van der Waals surface area contributed by atoms with Crippen molar-refractivity contribution in [2.75, 3.05) is 0 Å². The molecule has 3 rings (SSSR count). The molecule has 0 unspecified atom stereocenters. The minimum absolute atomic E-state index is 0.0571. The van der Waals surface area contributed by atoms with Gasteiger partial charge in [0.1, 0.15) is 5.82 Å². The number of para-hydroxylation sites is 1. The van der Waals surface area contributed by atoms with Crippen LogP contribution in [0.3, 0.4) is 0 Å². The van der Waals surface area contributed by atoms with Crippen LogP contribution in [0.25, 0.3) is 10.9 Å². The molecular formula is C20H20ClFN2OS. The summed E-state index contributed by atoms with van der Waals surface area (Å²) in [6, 6.07) is 11.9. The first-order chi connectivity index (χ1) is 12.5. The topological polar surface area (TPSA) is 34.9 Å². The summed E-state index contributed by atoms with van der Waals surface area (Å²) in [5.41, 5.74) is 1.02. The van der Waals surface area contributed by atoms with Crippen molar-refractivity contribution in [3.05, 3.63) is 69.2 Å². The molecule has 0 aliphatic heterocycles. The lowest BCUT2D eigenvalue weighted by atomic mass is 10.1. The van der Waals surface area contributed by atoms with E-state index in [1.54, 1.807) is 22.8 Å². The van der Waals surface area contributed by atoms with Crippen LogP contribution < -0.4 is 5.56 Å². The summed E-state index contributed by atoms with van der Waals surface area (Å²) < 4.78 is 15.7. The largest absolute Gasteiger partial charge is 0.287 e. The van der Waals surface area contributed by atoms with Gasteiger partial charge in [0.2, 0.25) is 0 Å². The quantitative estimate of drug-likeness (QED) is 0.410. The molecule has 0 aliphatic carbocycles. The predicted molar refractivity (Wildman–Crippen MR) is 106 cm³/mol. The minimum atomic E-state index is -0.345. The van der Waals surface area contributed by atoms with Crippen molar-refractivity contribution in [3.8, 4) is 0 Å². The number of halogens is 2. The molecule has 1 aromatic heterocycles. The Bertz CT molecular complexity index is 967. The second kappa shape index (κ2) is 8.23. The fourth-order valence-corrected chi connectivity index (χ4v) is 4.02. The van der Waals surface area contributed by atoms with Crippen molar-refractivity contribution in [1.82, 2.24) is 9.55 Å². The molecule has 26 heavy (non-hydrogen) atoms. The number of hydrogen-bond acceptors (Lipinski definition) is 3. The van der Waals surface area contributed by atoms with Crippen molar-refractivity contribution < 1.29 is 4.39 Å². The first-order valence-corrected chi connectivity index (χ1v) is 9.89. The van der Waals surface area contributed by atoms with E-state index in [0.29, 0.717) is 44.9 Å². The molecule has 0 bridgehead atoms. The van der Waals surface area contributed by atoms with E-state index in [-0.39, 0.29) is 11.4 Å². The van der Waals surface area contributed by atoms with Crippen LogP contribution in [0.1, 0.15) is 25.8 Å². The van der Waals surface area contributed by atoms with Crippen molar-refractivity contribution in [2.24, 2.45) is 5.92 Å². The highest BCUT2D eigenvalue weighted by Crippen LogP contribution is 2.28. The molecule has 136 valence electrons. The van der Waals surface area contributed by atoms with E-state index < -0.39 is 0 Å². The van der Waals surface area contributed by atoms with Gasteiger partial charge in [0, 0.05) is 22.9 Å². The summed E-state index contributed by atoms with van der Waals surface area (Å²) >= 11 is 7.46. The number of aromatic nitrogens is 2. The lowest BCUT2D eigenvalue weighted by molar-refractivity contribution is 0.481. The smallest absolute Gasteiger partial charge is 0.262 e. The molecule has 3 aromatic rings. The average Bonchev–Trinajstić information content (AvgIpc) is 2.60. The van der Waals surface area contributed by atoms with E-state index in [4.69, 9.17) is 11.6 Å². The number of hydrogen-bond donors (Lipinski definition) is 0. The number of benzene rings is 2. The van der Waals surface area contributed by atoms with E-state index in [1.165, 1.54) is 17.8 Å². The van der Waals surface area contributed by atoms with Gasteiger partial charge in [-0.05, 0) is 36.6 Å². The third kappa shape index (κ3) is 4.10. The fraction of sp³-hybridized carbons (Fsp3) is 0.300. The SMILES string of the molecule is CC(C)CCn1c(SCc2c(F)cccc2Cl)nc2ccccc2c1=O. The van der Waals surface area contributed by atoms with Crippen molar-refractivity contribution in [2.45, 2.75) is 37.7 Å². The van der Waals surface area contributed by atoms with Gasteiger partial charge in [-0.3, -0.25) is 9.36 Å². The van der Waals surface area contributed by atoms with Gasteiger partial charge in [0.05, 0.1) is 10.9 Å². The monoisotopic (exact) mass is 390 g/mol. The van der Waals surface area contributed by atoms with E-state index in [1.807, 2.05) is 18.2 Å². The molecule has 6 heteroatoms. The van der Waals surface area contributed by atoms with E-state index >= 15 is 0 Å². The molecule has 0 atom stereocenters. The van der Waals surface area contributed by atoms with Crippen LogP contribution >= 0.6 is 23.4 Å². The first kappa shape index (κ1) is 18.9. The second-order valence-corrected chi connectivity index (χ2v) is 7.89. The number of thioether (sulfide) groups is 1. The summed E-state index contributed by atoms with van der Waals surface area (Å²) in [6.45, 7) is 4.82. The maximum atomic E-state index is 14.1. The maximum Gasteiger partial charge on any atom is 0.262 e.